The molecule has 1 amide bonds. The van der Waals surface area contributed by atoms with E-state index in [0.29, 0.717) is 6.42 Å². The minimum Gasteiger partial charge on any atom is -0.273 e. The van der Waals surface area contributed by atoms with Gasteiger partial charge < -0.3 is 0 Å². The molecule has 0 saturated heterocycles. The smallest absolute Gasteiger partial charge is 0.240 e. The highest BCUT2D eigenvalue weighted by molar-refractivity contribution is 7.13. The molecule has 0 aliphatic carbocycles. The number of nitrogens with one attached hydrogen (secondary N) is 1. The molecule has 0 unspecified atom stereocenters. The molecule has 0 aliphatic heterocycles. The molecule has 0 atom stereocenters. The zero-order valence-corrected chi connectivity index (χ0v) is 12.8. The van der Waals surface area contributed by atoms with Crippen molar-refractivity contribution in [3.8, 4) is 0 Å². The summed E-state index contributed by atoms with van der Waals surface area (Å²) in [6.07, 6.45) is 9.15. The van der Waals surface area contributed by atoms with Crippen LogP contribution in [0.4, 0.5) is 0 Å². The summed E-state index contributed by atoms with van der Waals surface area (Å²) in [6, 6.07) is 4.13. The Morgan fingerprint density at radius 1 is 1.26 bits per heavy atom. The highest BCUT2D eigenvalue weighted by Crippen LogP contribution is 2.14. The fraction of sp³-hybridized carbons (Fsp3) is 0.600. The molecule has 1 N–H and O–H groups in total. The summed E-state index contributed by atoms with van der Waals surface area (Å²) in [7, 11) is 0. The standard InChI is InChI=1S/C15H24N2OS/c1-3-5-6-7-8-9-15(18)17-16-12-14-11-10-13(4-2)19-14/h10-12H,3-9H2,1-2H3,(H,17,18). The third kappa shape index (κ3) is 7.11. The average Bonchev–Trinajstić information content (AvgIpc) is 2.86. The molecule has 1 rings (SSSR count). The van der Waals surface area contributed by atoms with Gasteiger partial charge in [0.2, 0.25) is 5.91 Å². The molecule has 19 heavy (non-hydrogen) atoms. The maximum atomic E-state index is 11.5. The molecule has 4 heteroatoms. The molecule has 0 spiro atoms. The molecule has 106 valence electrons. The van der Waals surface area contributed by atoms with E-state index in [0.717, 1.165) is 24.1 Å². The zero-order valence-electron chi connectivity index (χ0n) is 11.9. The summed E-state index contributed by atoms with van der Waals surface area (Å²) in [5.41, 5.74) is 2.59. The first-order chi connectivity index (χ1) is 9.26. The van der Waals surface area contributed by atoms with Gasteiger partial charge in [-0.2, -0.15) is 5.10 Å². The van der Waals surface area contributed by atoms with Crippen LogP contribution in [0.25, 0.3) is 0 Å². The van der Waals surface area contributed by atoms with Crippen LogP contribution in [0.2, 0.25) is 0 Å². The highest BCUT2D eigenvalue weighted by Gasteiger charge is 1.99. The van der Waals surface area contributed by atoms with Crippen molar-refractivity contribution >= 4 is 23.5 Å². The lowest BCUT2D eigenvalue weighted by Crippen LogP contribution is -2.16. The second kappa shape index (κ2) is 9.73. The summed E-state index contributed by atoms with van der Waals surface area (Å²) < 4.78 is 0. The Morgan fingerprint density at radius 2 is 2.05 bits per heavy atom. The van der Waals surface area contributed by atoms with Gasteiger partial charge in [0.15, 0.2) is 0 Å². The average molecular weight is 280 g/mol. The molecule has 1 heterocycles. The van der Waals surface area contributed by atoms with E-state index in [9.17, 15) is 4.79 Å². The minimum atomic E-state index is 0.0139. The van der Waals surface area contributed by atoms with Crippen LogP contribution in [0.5, 0.6) is 0 Å². The predicted octanol–water partition coefficient (Wildman–Crippen LogP) is 4.12. The van der Waals surface area contributed by atoms with Gasteiger partial charge in [-0.25, -0.2) is 5.43 Å². The molecular weight excluding hydrogens is 256 g/mol. The Morgan fingerprint density at radius 3 is 2.74 bits per heavy atom. The SMILES string of the molecule is CCCCCCCC(=O)NN=Cc1ccc(CC)s1. The number of hydrogen-bond acceptors (Lipinski definition) is 3. The fourth-order valence-corrected chi connectivity index (χ4v) is 2.59. The summed E-state index contributed by atoms with van der Waals surface area (Å²) in [4.78, 5) is 13.9. The first kappa shape index (κ1) is 15.9. The second-order valence-corrected chi connectivity index (χ2v) is 5.81. The highest BCUT2D eigenvalue weighted by atomic mass is 32.1. The number of aryl methyl sites for hydroxylation is 1. The molecule has 3 nitrogen and oxygen atoms in total. The number of carbonyl (C=O) groups is 1. The van der Waals surface area contributed by atoms with Crippen molar-refractivity contribution in [3.05, 3.63) is 21.9 Å². The molecule has 0 bridgehead atoms. The van der Waals surface area contributed by atoms with Gasteiger partial charge in [0.25, 0.3) is 0 Å². The van der Waals surface area contributed by atoms with Crippen LogP contribution in [0.15, 0.2) is 17.2 Å². The molecule has 0 fully saturated rings. The van der Waals surface area contributed by atoms with Crippen LogP contribution < -0.4 is 5.43 Å². The Kier molecular flexibility index (Phi) is 8.14. The van der Waals surface area contributed by atoms with Crippen LogP contribution in [0.1, 0.15) is 62.1 Å². The number of nitrogens with zero attached hydrogens (tertiary/aromatic N) is 1. The Balaban J connectivity index is 2.15. The lowest BCUT2D eigenvalue weighted by atomic mass is 10.1. The van der Waals surface area contributed by atoms with Crippen molar-refractivity contribution < 1.29 is 4.79 Å². The maximum absolute atomic E-state index is 11.5. The van der Waals surface area contributed by atoms with Crippen molar-refractivity contribution in [2.24, 2.45) is 5.10 Å². The van der Waals surface area contributed by atoms with Gasteiger partial charge in [-0.15, -0.1) is 11.3 Å². The van der Waals surface area contributed by atoms with Gasteiger partial charge in [-0.05, 0) is 25.0 Å². The number of hydrogen-bond donors (Lipinski definition) is 1. The molecule has 0 aromatic carbocycles. The van der Waals surface area contributed by atoms with Crippen molar-refractivity contribution in [1.29, 1.82) is 0 Å². The lowest BCUT2D eigenvalue weighted by Gasteiger charge is -1.99. The van der Waals surface area contributed by atoms with Gasteiger partial charge in [-0.3, -0.25) is 4.79 Å². The molecule has 1 aromatic heterocycles. The minimum absolute atomic E-state index is 0.0139. The van der Waals surface area contributed by atoms with Gasteiger partial charge in [0, 0.05) is 16.2 Å². The van der Waals surface area contributed by atoms with Crippen molar-refractivity contribution in [2.75, 3.05) is 0 Å². The number of amides is 1. The molecule has 1 aromatic rings. The molecule has 0 saturated carbocycles. The number of unbranched alkanes of at least 4 members (excludes halogenated alkanes) is 4. The van der Waals surface area contributed by atoms with Crippen LogP contribution in [-0.4, -0.2) is 12.1 Å². The Labute approximate surface area is 120 Å². The summed E-state index contributed by atoms with van der Waals surface area (Å²) >= 11 is 1.71. The van der Waals surface area contributed by atoms with Gasteiger partial charge in [0.1, 0.15) is 0 Å². The number of thiophene rings is 1. The maximum Gasteiger partial charge on any atom is 0.240 e. The van der Waals surface area contributed by atoms with Crippen molar-refractivity contribution in [1.82, 2.24) is 5.43 Å². The number of hydrazone groups is 1. The summed E-state index contributed by atoms with van der Waals surface area (Å²) in [5, 5.41) is 3.99. The lowest BCUT2D eigenvalue weighted by molar-refractivity contribution is -0.121. The van der Waals surface area contributed by atoms with E-state index >= 15 is 0 Å². The Bertz CT molecular complexity index is 399. The van der Waals surface area contributed by atoms with E-state index < -0.39 is 0 Å². The first-order valence-electron chi connectivity index (χ1n) is 7.16. The quantitative estimate of drug-likeness (QED) is 0.412. The van der Waals surface area contributed by atoms with Crippen LogP contribution >= 0.6 is 11.3 Å². The van der Waals surface area contributed by atoms with E-state index in [1.54, 1.807) is 17.6 Å². The van der Waals surface area contributed by atoms with Crippen LogP contribution in [-0.2, 0) is 11.2 Å². The summed E-state index contributed by atoms with van der Waals surface area (Å²) in [5.74, 6) is 0.0139. The summed E-state index contributed by atoms with van der Waals surface area (Å²) in [6.45, 7) is 4.32. The van der Waals surface area contributed by atoms with Crippen LogP contribution in [0.3, 0.4) is 0 Å². The van der Waals surface area contributed by atoms with E-state index in [1.165, 1.54) is 24.1 Å². The van der Waals surface area contributed by atoms with E-state index in [-0.39, 0.29) is 5.91 Å². The fourth-order valence-electron chi connectivity index (χ4n) is 1.77. The first-order valence-corrected chi connectivity index (χ1v) is 7.98. The van der Waals surface area contributed by atoms with Gasteiger partial charge in [-0.1, -0.05) is 39.5 Å². The number of rotatable bonds is 9. The molecule has 0 aliphatic rings. The van der Waals surface area contributed by atoms with Gasteiger partial charge in [0.05, 0.1) is 6.21 Å². The van der Waals surface area contributed by atoms with Crippen molar-refractivity contribution in [2.45, 2.75) is 58.8 Å². The monoisotopic (exact) mass is 280 g/mol. The third-order valence-corrected chi connectivity index (χ3v) is 4.08. The molecular formula is C15H24N2OS. The third-order valence-electron chi connectivity index (χ3n) is 2.92. The van der Waals surface area contributed by atoms with Crippen LogP contribution in [0, 0.1) is 0 Å². The van der Waals surface area contributed by atoms with E-state index in [4.69, 9.17) is 0 Å². The normalized spacial score (nSPS) is 11.1. The predicted molar refractivity (Wildman–Crippen MR) is 82.8 cm³/mol. The zero-order chi connectivity index (χ0) is 13.9. The topological polar surface area (TPSA) is 41.5 Å². The largest absolute Gasteiger partial charge is 0.273 e. The van der Waals surface area contributed by atoms with Crippen molar-refractivity contribution in [3.63, 3.8) is 0 Å². The molecule has 0 radical (unpaired) electrons. The Hall–Kier alpha value is -1.16. The van der Waals surface area contributed by atoms with E-state index in [2.05, 4.69) is 30.4 Å². The van der Waals surface area contributed by atoms with Gasteiger partial charge >= 0.3 is 0 Å². The number of carbonyl (C=O) groups excluding carboxylic acids is 1. The second-order valence-electron chi connectivity index (χ2n) is 4.62. The van der Waals surface area contributed by atoms with E-state index in [1.807, 2.05) is 6.07 Å².